The van der Waals surface area contributed by atoms with Crippen molar-refractivity contribution in [2.24, 2.45) is 0 Å². The summed E-state index contributed by atoms with van der Waals surface area (Å²) in [5, 5.41) is 0. The maximum Gasteiger partial charge on any atom is 0.171 e. The zero-order valence-electron chi connectivity index (χ0n) is 12.2. The van der Waals surface area contributed by atoms with Gasteiger partial charge in [0, 0.05) is 16.2 Å². The lowest BCUT2D eigenvalue weighted by molar-refractivity contribution is 0.0968. The number of carbonyl (C=O) groups excluding carboxylic acids is 1. The summed E-state index contributed by atoms with van der Waals surface area (Å²) < 4.78 is 5.62. The van der Waals surface area contributed by atoms with Gasteiger partial charge in [0.15, 0.2) is 5.78 Å². The summed E-state index contributed by atoms with van der Waals surface area (Å²) >= 11 is 1.77. The summed E-state index contributed by atoms with van der Waals surface area (Å²) in [7, 11) is 0. The van der Waals surface area contributed by atoms with Crippen molar-refractivity contribution in [3.05, 3.63) is 59.7 Å². The van der Waals surface area contributed by atoms with Gasteiger partial charge in [-0.15, -0.1) is 11.8 Å². The average molecular weight is 298 g/mol. The van der Waals surface area contributed by atoms with Crippen molar-refractivity contribution in [1.29, 1.82) is 0 Å². The van der Waals surface area contributed by atoms with Gasteiger partial charge < -0.3 is 4.74 Å². The van der Waals surface area contributed by atoms with E-state index in [-0.39, 0.29) is 17.8 Å². The van der Waals surface area contributed by atoms with E-state index in [0.29, 0.717) is 0 Å². The number of carbonyl (C=O) groups is 1. The third-order valence-corrected chi connectivity index (χ3v) is 4.71. The van der Waals surface area contributed by atoms with Gasteiger partial charge in [-0.3, -0.25) is 4.79 Å². The Morgan fingerprint density at radius 3 is 2.57 bits per heavy atom. The first-order chi connectivity index (χ1) is 10.1. The topological polar surface area (TPSA) is 26.3 Å². The number of rotatable bonds is 4. The van der Waals surface area contributed by atoms with Crippen molar-refractivity contribution < 1.29 is 9.53 Å². The van der Waals surface area contributed by atoms with Gasteiger partial charge in [-0.25, -0.2) is 0 Å². The number of ketones is 1. The molecule has 0 spiro atoms. The molecular formula is C18H18O2S. The van der Waals surface area contributed by atoms with E-state index in [2.05, 4.69) is 12.1 Å². The Balaban J connectivity index is 1.80. The molecule has 0 N–H and O–H groups in total. The van der Waals surface area contributed by atoms with E-state index in [9.17, 15) is 4.79 Å². The molecule has 0 amide bonds. The summed E-state index contributed by atoms with van der Waals surface area (Å²) in [5.74, 6) is 1.82. The highest BCUT2D eigenvalue weighted by atomic mass is 32.2. The standard InChI is InChI=1S/C18H18O2S/c1-12(2)20-14-9-7-13(8-10-14)18(19)16-11-21-17-6-4-3-5-15(16)17/h3-10,12,16H,11H2,1-2H3. The molecule has 0 aliphatic carbocycles. The minimum atomic E-state index is -0.0249. The molecule has 1 atom stereocenters. The lowest BCUT2D eigenvalue weighted by Gasteiger charge is -2.12. The van der Waals surface area contributed by atoms with Crippen molar-refractivity contribution in [2.45, 2.75) is 30.8 Å². The molecule has 1 aliphatic heterocycles. The zero-order valence-corrected chi connectivity index (χ0v) is 13.0. The quantitative estimate of drug-likeness (QED) is 0.775. The summed E-state index contributed by atoms with van der Waals surface area (Å²) in [6.07, 6.45) is 0.143. The Hall–Kier alpha value is -1.74. The third-order valence-electron chi connectivity index (χ3n) is 3.53. The van der Waals surface area contributed by atoms with Crippen LogP contribution in [-0.4, -0.2) is 17.6 Å². The largest absolute Gasteiger partial charge is 0.491 e. The van der Waals surface area contributed by atoms with Gasteiger partial charge in [0.1, 0.15) is 5.75 Å². The van der Waals surface area contributed by atoms with Crippen LogP contribution in [-0.2, 0) is 0 Å². The molecule has 3 rings (SSSR count). The Bertz CT molecular complexity index is 647. The molecule has 108 valence electrons. The molecule has 1 unspecified atom stereocenters. The summed E-state index contributed by atoms with van der Waals surface area (Å²) in [6, 6.07) is 15.7. The smallest absolute Gasteiger partial charge is 0.171 e. The van der Waals surface area contributed by atoms with Gasteiger partial charge in [-0.1, -0.05) is 18.2 Å². The van der Waals surface area contributed by atoms with Crippen LogP contribution in [0.4, 0.5) is 0 Å². The van der Waals surface area contributed by atoms with E-state index >= 15 is 0 Å². The van der Waals surface area contributed by atoms with Gasteiger partial charge in [0.05, 0.1) is 12.0 Å². The van der Waals surface area contributed by atoms with Crippen molar-refractivity contribution in [3.8, 4) is 5.75 Å². The van der Waals surface area contributed by atoms with Crippen LogP contribution in [0.25, 0.3) is 0 Å². The fourth-order valence-electron chi connectivity index (χ4n) is 2.55. The molecule has 0 aromatic heterocycles. The van der Waals surface area contributed by atoms with Crippen molar-refractivity contribution in [1.82, 2.24) is 0 Å². The number of hydrogen-bond acceptors (Lipinski definition) is 3. The third kappa shape index (κ3) is 2.98. The molecule has 2 aromatic rings. The highest BCUT2D eigenvalue weighted by molar-refractivity contribution is 7.99. The number of hydrogen-bond donors (Lipinski definition) is 0. The second kappa shape index (κ2) is 5.94. The fourth-order valence-corrected chi connectivity index (χ4v) is 3.78. The zero-order chi connectivity index (χ0) is 14.8. The second-order valence-corrected chi connectivity index (χ2v) is 6.52. The molecule has 0 saturated heterocycles. The molecule has 0 saturated carbocycles. The molecule has 0 bridgehead atoms. The molecule has 1 aliphatic rings. The average Bonchev–Trinajstić information content (AvgIpc) is 2.90. The van der Waals surface area contributed by atoms with E-state index < -0.39 is 0 Å². The highest BCUT2D eigenvalue weighted by Crippen LogP contribution is 2.40. The molecule has 21 heavy (non-hydrogen) atoms. The van der Waals surface area contributed by atoms with E-state index in [0.717, 1.165) is 22.6 Å². The van der Waals surface area contributed by atoms with Crippen LogP contribution < -0.4 is 4.74 Å². The van der Waals surface area contributed by atoms with Gasteiger partial charge in [0.2, 0.25) is 0 Å². The molecule has 1 heterocycles. The number of benzene rings is 2. The number of ether oxygens (including phenoxy) is 1. The maximum atomic E-state index is 12.7. The second-order valence-electron chi connectivity index (χ2n) is 5.46. The summed E-state index contributed by atoms with van der Waals surface area (Å²) in [4.78, 5) is 13.9. The molecule has 3 heteroatoms. The molecule has 2 aromatic carbocycles. The number of fused-ring (bicyclic) bond motifs is 1. The van der Waals surface area contributed by atoms with Crippen LogP contribution in [0.3, 0.4) is 0 Å². The molecular weight excluding hydrogens is 280 g/mol. The van der Waals surface area contributed by atoms with Crippen molar-refractivity contribution in [3.63, 3.8) is 0 Å². The van der Waals surface area contributed by atoms with Crippen LogP contribution >= 0.6 is 11.8 Å². The van der Waals surface area contributed by atoms with Crippen LogP contribution in [0.1, 0.15) is 35.7 Å². The Morgan fingerprint density at radius 2 is 1.86 bits per heavy atom. The van der Waals surface area contributed by atoms with Gasteiger partial charge in [-0.05, 0) is 49.7 Å². The van der Waals surface area contributed by atoms with E-state index in [1.165, 1.54) is 4.90 Å². The minimum absolute atomic E-state index is 0.0249. The molecule has 0 fully saturated rings. The first-order valence-corrected chi connectivity index (χ1v) is 8.16. The molecule has 2 nitrogen and oxygen atoms in total. The monoisotopic (exact) mass is 298 g/mol. The van der Waals surface area contributed by atoms with Gasteiger partial charge >= 0.3 is 0 Å². The summed E-state index contributed by atoms with van der Waals surface area (Å²) in [5.41, 5.74) is 1.92. The van der Waals surface area contributed by atoms with Crippen molar-refractivity contribution in [2.75, 3.05) is 5.75 Å². The Morgan fingerprint density at radius 1 is 1.14 bits per heavy atom. The van der Waals surface area contributed by atoms with Crippen LogP contribution in [0.2, 0.25) is 0 Å². The van der Waals surface area contributed by atoms with Gasteiger partial charge in [0.25, 0.3) is 0 Å². The predicted molar refractivity (Wildman–Crippen MR) is 86.4 cm³/mol. The predicted octanol–water partition coefficient (Wildman–Crippen LogP) is 4.55. The fraction of sp³-hybridized carbons (Fsp3) is 0.278. The summed E-state index contributed by atoms with van der Waals surface area (Å²) in [6.45, 7) is 3.98. The normalized spacial score (nSPS) is 16.8. The Kier molecular flexibility index (Phi) is 4.02. The van der Waals surface area contributed by atoms with Crippen molar-refractivity contribution >= 4 is 17.5 Å². The van der Waals surface area contributed by atoms with Crippen LogP contribution in [0.5, 0.6) is 5.75 Å². The highest BCUT2D eigenvalue weighted by Gasteiger charge is 2.29. The van der Waals surface area contributed by atoms with E-state index in [4.69, 9.17) is 4.74 Å². The SMILES string of the molecule is CC(C)Oc1ccc(C(=O)C2CSc3ccccc32)cc1. The number of Topliss-reactive ketones (excluding diaryl/α,β-unsaturated/α-hetero) is 1. The lowest BCUT2D eigenvalue weighted by Crippen LogP contribution is -2.12. The number of thioether (sulfide) groups is 1. The maximum absolute atomic E-state index is 12.7. The van der Waals surface area contributed by atoms with E-state index in [1.54, 1.807) is 11.8 Å². The van der Waals surface area contributed by atoms with Gasteiger partial charge in [-0.2, -0.15) is 0 Å². The Labute approximate surface area is 129 Å². The minimum Gasteiger partial charge on any atom is -0.491 e. The van der Waals surface area contributed by atoms with Crippen LogP contribution in [0.15, 0.2) is 53.4 Å². The first kappa shape index (κ1) is 14.2. The molecule has 0 radical (unpaired) electrons. The van der Waals surface area contributed by atoms with E-state index in [1.807, 2.05) is 50.2 Å². The lowest BCUT2D eigenvalue weighted by atomic mass is 9.92. The van der Waals surface area contributed by atoms with Crippen LogP contribution in [0, 0.1) is 0 Å². The first-order valence-electron chi connectivity index (χ1n) is 7.18.